The van der Waals surface area contributed by atoms with E-state index in [2.05, 4.69) is 17.4 Å². The highest BCUT2D eigenvalue weighted by Crippen LogP contribution is 2.42. The second-order valence-electron chi connectivity index (χ2n) is 5.72. The molecule has 1 N–H and O–H groups in total. The molecule has 0 spiro atoms. The molecule has 2 aromatic rings. The zero-order valence-corrected chi connectivity index (χ0v) is 12.4. The van der Waals surface area contributed by atoms with Crippen molar-refractivity contribution >= 4 is 5.69 Å². The first kappa shape index (κ1) is 13.9. The van der Waals surface area contributed by atoms with Crippen LogP contribution in [-0.2, 0) is 0 Å². The van der Waals surface area contributed by atoms with E-state index in [1.165, 1.54) is 11.6 Å². The molecule has 1 aliphatic rings. The van der Waals surface area contributed by atoms with Crippen LogP contribution in [0.25, 0.3) is 0 Å². The van der Waals surface area contributed by atoms with Gasteiger partial charge in [0.05, 0.1) is 7.11 Å². The predicted octanol–water partition coefficient (Wildman–Crippen LogP) is 4.50. The van der Waals surface area contributed by atoms with Crippen molar-refractivity contribution in [1.82, 2.24) is 0 Å². The summed E-state index contributed by atoms with van der Waals surface area (Å²) in [5, 5.41) is 3.48. The summed E-state index contributed by atoms with van der Waals surface area (Å²) in [6.07, 6.45) is 2.16. The number of rotatable bonds is 4. The Hall–Kier alpha value is -2.03. The van der Waals surface area contributed by atoms with Gasteiger partial charge >= 0.3 is 0 Å². The van der Waals surface area contributed by atoms with Gasteiger partial charge in [-0.15, -0.1) is 0 Å². The summed E-state index contributed by atoms with van der Waals surface area (Å²) in [5.74, 6) is 1.36. The van der Waals surface area contributed by atoms with E-state index in [0.717, 1.165) is 24.3 Å². The number of anilines is 1. The smallest absolute Gasteiger partial charge is 0.126 e. The second kappa shape index (κ2) is 5.76. The van der Waals surface area contributed by atoms with E-state index in [0.29, 0.717) is 17.5 Å². The highest BCUT2D eigenvalue weighted by molar-refractivity contribution is 5.48. The maximum absolute atomic E-state index is 13.3. The highest BCUT2D eigenvalue weighted by Gasteiger charge is 2.31. The minimum atomic E-state index is -0.152. The molecule has 0 aromatic heterocycles. The Labute approximate surface area is 125 Å². The lowest BCUT2D eigenvalue weighted by Gasteiger charge is -2.37. The van der Waals surface area contributed by atoms with Crippen molar-refractivity contribution in [2.75, 3.05) is 12.4 Å². The van der Waals surface area contributed by atoms with Crippen LogP contribution in [0.15, 0.2) is 42.5 Å². The molecule has 2 aromatic carbocycles. The third-order valence-corrected chi connectivity index (χ3v) is 4.25. The molecule has 1 aliphatic carbocycles. The Bertz CT molecular complexity index is 635. The Balaban J connectivity index is 1.62. The summed E-state index contributed by atoms with van der Waals surface area (Å²) in [6.45, 7) is 1.79. The average Bonchev–Trinajstić information content (AvgIpc) is 2.46. The van der Waals surface area contributed by atoms with Crippen LogP contribution in [0.2, 0.25) is 0 Å². The average molecular weight is 285 g/mol. The molecule has 2 nitrogen and oxygen atoms in total. The summed E-state index contributed by atoms with van der Waals surface area (Å²) in [5.41, 5.74) is 2.96. The zero-order valence-electron chi connectivity index (χ0n) is 12.4. The standard InChI is InChI=1S/C18H20FNO/c1-12-9-14(7-8-17(12)19)20-15-10-13(11-15)16-5-3-4-6-18(16)21-2/h3-9,13,15,20H,10-11H2,1-2H3. The van der Waals surface area contributed by atoms with Crippen LogP contribution in [0.1, 0.15) is 29.9 Å². The van der Waals surface area contributed by atoms with Gasteiger partial charge in [0.2, 0.25) is 0 Å². The molecular weight excluding hydrogens is 265 g/mol. The summed E-state index contributed by atoms with van der Waals surface area (Å²) in [6, 6.07) is 13.9. The zero-order chi connectivity index (χ0) is 14.8. The molecular formula is C18H20FNO. The first-order chi connectivity index (χ1) is 10.2. The van der Waals surface area contributed by atoms with Gasteiger partial charge < -0.3 is 10.1 Å². The first-order valence-corrected chi connectivity index (χ1v) is 7.33. The molecule has 21 heavy (non-hydrogen) atoms. The SMILES string of the molecule is COc1ccccc1C1CC(Nc2ccc(F)c(C)c2)C1. The van der Waals surface area contributed by atoms with Crippen molar-refractivity contribution in [1.29, 1.82) is 0 Å². The minimum absolute atomic E-state index is 0.152. The number of para-hydroxylation sites is 1. The molecule has 1 fully saturated rings. The number of halogens is 1. The van der Waals surface area contributed by atoms with Gasteiger partial charge in [-0.05, 0) is 61.1 Å². The van der Waals surface area contributed by atoms with E-state index in [4.69, 9.17) is 4.74 Å². The van der Waals surface area contributed by atoms with Gasteiger partial charge in [0.25, 0.3) is 0 Å². The van der Waals surface area contributed by atoms with Gasteiger partial charge in [0.15, 0.2) is 0 Å². The molecule has 3 rings (SSSR count). The van der Waals surface area contributed by atoms with Gasteiger partial charge in [0, 0.05) is 11.7 Å². The van der Waals surface area contributed by atoms with Gasteiger partial charge in [-0.2, -0.15) is 0 Å². The van der Waals surface area contributed by atoms with Crippen LogP contribution in [0.3, 0.4) is 0 Å². The van der Waals surface area contributed by atoms with Gasteiger partial charge in [-0.1, -0.05) is 18.2 Å². The lowest BCUT2D eigenvalue weighted by molar-refractivity contribution is 0.350. The van der Waals surface area contributed by atoms with Crippen molar-refractivity contribution in [2.24, 2.45) is 0 Å². The van der Waals surface area contributed by atoms with Crippen LogP contribution in [-0.4, -0.2) is 13.2 Å². The van der Waals surface area contributed by atoms with Crippen LogP contribution in [0.4, 0.5) is 10.1 Å². The molecule has 0 radical (unpaired) electrons. The van der Waals surface area contributed by atoms with Crippen LogP contribution in [0, 0.1) is 12.7 Å². The molecule has 0 amide bonds. The summed E-state index contributed by atoms with van der Waals surface area (Å²) >= 11 is 0. The second-order valence-corrected chi connectivity index (χ2v) is 5.72. The maximum Gasteiger partial charge on any atom is 0.126 e. The van der Waals surface area contributed by atoms with Gasteiger partial charge in [-0.3, -0.25) is 0 Å². The van der Waals surface area contributed by atoms with Crippen LogP contribution in [0.5, 0.6) is 5.75 Å². The summed E-state index contributed by atoms with van der Waals surface area (Å²) < 4.78 is 18.7. The number of methoxy groups -OCH3 is 1. The van der Waals surface area contributed by atoms with E-state index in [-0.39, 0.29) is 5.82 Å². The maximum atomic E-state index is 13.3. The number of hydrogen-bond acceptors (Lipinski definition) is 2. The Morgan fingerprint density at radius 3 is 2.62 bits per heavy atom. The predicted molar refractivity (Wildman–Crippen MR) is 83.5 cm³/mol. The van der Waals surface area contributed by atoms with E-state index < -0.39 is 0 Å². The number of hydrogen-bond donors (Lipinski definition) is 1. The monoisotopic (exact) mass is 285 g/mol. The Morgan fingerprint density at radius 2 is 1.90 bits per heavy atom. The van der Waals surface area contributed by atoms with Gasteiger partial charge in [0.1, 0.15) is 11.6 Å². The largest absolute Gasteiger partial charge is 0.496 e. The topological polar surface area (TPSA) is 21.3 Å². The fraction of sp³-hybridized carbons (Fsp3) is 0.333. The number of nitrogens with one attached hydrogen (secondary N) is 1. The third-order valence-electron chi connectivity index (χ3n) is 4.25. The minimum Gasteiger partial charge on any atom is -0.496 e. The quantitative estimate of drug-likeness (QED) is 0.893. The Kier molecular flexibility index (Phi) is 3.82. The molecule has 3 heteroatoms. The fourth-order valence-corrected chi connectivity index (χ4v) is 2.96. The van der Waals surface area contributed by atoms with E-state index in [9.17, 15) is 4.39 Å². The third kappa shape index (κ3) is 2.87. The molecule has 0 bridgehead atoms. The lowest BCUT2D eigenvalue weighted by Crippen LogP contribution is -2.34. The molecule has 0 saturated heterocycles. The number of benzene rings is 2. The lowest BCUT2D eigenvalue weighted by atomic mass is 9.75. The normalized spacial score (nSPS) is 20.7. The summed E-state index contributed by atoms with van der Waals surface area (Å²) in [7, 11) is 1.72. The first-order valence-electron chi connectivity index (χ1n) is 7.33. The van der Waals surface area contributed by atoms with Crippen molar-refractivity contribution < 1.29 is 9.13 Å². The van der Waals surface area contributed by atoms with Crippen molar-refractivity contribution in [2.45, 2.75) is 31.7 Å². The molecule has 110 valence electrons. The summed E-state index contributed by atoms with van der Waals surface area (Å²) in [4.78, 5) is 0. The van der Waals surface area contributed by atoms with Crippen LogP contribution >= 0.6 is 0 Å². The molecule has 0 aliphatic heterocycles. The Morgan fingerprint density at radius 1 is 1.14 bits per heavy atom. The number of aryl methyl sites for hydroxylation is 1. The van der Waals surface area contributed by atoms with E-state index in [1.807, 2.05) is 18.2 Å². The molecule has 0 atom stereocenters. The van der Waals surface area contributed by atoms with E-state index in [1.54, 1.807) is 20.1 Å². The van der Waals surface area contributed by atoms with Crippen molar-refractivity contribution in [3.8, 4) is 5.75 Å². The van der Waals surface area contributed by atoms with Crippen molar-refractivity contribution in [3.63, 3.8) is 0 Å². The number of ether oxygens (including phenoxy) is 1. The molecule has 0 unspecified atom stereocenters. The van der Waals surface area contributed by atoms with Crippen LogP contribution < -0.4 is 10.1 Å². The van der Waals surface area contributed by atoms with Crippen molar-refractivity contribution in [3.05, 3.63) is 59.4 Å². The van der Waals surface area contributed by atoms with Gasteiger partial charge in [-0.25, -0.2) is 4.39 Å². The molecule has 1 saturated carbocycles. The molecule has 0 heterocycles. The fourth-order valence-electron chi connectivity index (χ4n) is 2.96. The van der Waals surface area contributed by atoms with E-state index >= 15 is 0 Å². The highest BCUT2D eigenvalue weighted by atomic mass is 19.1.